The Labute approximate surface area is 224 Å². The maximum atomic E-state index is 13.8. The molecule has 1 fully saturated rings. The molecular formula is C28H21ClN2O6S. The van der Waals surface area contributed by atoms with E-state index >= 15 is 0 Å². The van der Waals surface area contributed by atoms with Crippen molar-refractivity contribution in [3.8, 4) is 23.1 Å². The van der Waals surface area contributed by atoms with Gasteiger partial charge in [-0.2, -0.15) is 5.26 Å². The van der Waals surface area contributed by atoms with Crippen LogP contribution in [-0.4, -0.2) is 49.8 Å². The van der Waals surface area contributed by atoms with Crippen LogP contribution in [0.1, 0.15) is 17.7 Å². The summed E-state index contributed by atoms with van der Waals surface area (Å²) in [5.41, 5.74) is 1.02. The lowest BCUT2D eigenvalue weighted by molar-refractivity contribution is -0.142. The van der Waals surface area contributed by atoms with Crippen LogP contribution in [0.15, 0.2) is 76.2 Å². The molecule has 0 N–H and O–H groups in total. The van der Waals surface area contributed by atoms with Crippen molar-refractivity contribution in [2.24, 2.45) is 0 Å². The van der Waals surface area contributed by atoms with Gasteiger partial charge in [0.1, 0.15) is 28.9 Å². The highest BCUT2D eigenvalue weighted by atomic mass is 35.5. The Balaban J connectivity index is 1.67. The molecule has 1 unspecified atom stereocenters. The molecule has 1 atom stereocenters. The molecule has 2 amide bonds. The third-order valence-electron chi connectivity index (χ3n) is 6.52. The summed E-state index contributed by atoms with van der Waals surface area (Å²) < 4.78 is 35.5. The number of benzene rings is 2. The number of methoxy groups -OCH3 is 1. The zero-order valence-corrected chi connectivity index (χ0v) is 21.8. The number of sulfone groups is 1. The van der Waals surface area contributed by atoms with E-state index in [9.17, 15) is 23.3 Å². The molecular weight excluding hydrogens is 528 g/mol. The van der Waals surface area contributed by atoms with Crippen molar-refractivity contribution >= 4 is 44.9 Å². The number of ether oxygens (including phenoxy) is 1. The van der Waals surface area contributed by atoms with Gasteiger partial charge in [-0.05, 0) is 54.5 Å². The van der Waals surface area contributed by atoms with Crippen LogP contribution in [0.3, 0.4) is 0 Å². The number of rotatable bonds is 5. The lowest BCUT2D eigenvalue weighted by Gasteiger charge is -2.32. The number of carbonyl (C=O) groups is 2. The number of halogens is 1. The van der Waals surface area contributed by atoms with Crippen LogP contribution in [0, 0.1) is 11.3 Å². The van der Waals surface area contributed by atoms with Gasteiger partial charge in [0.25, 0.3) is 11.8 Å². The number of nitrogens with zero attached hydrogens (tertiary/aromatic N) is 2. The van der Waals surface area contributed by atoms with Gasteiger partial charge in [-0.15, -0.1) is 0 Å². The summed E-state index contributed by atoms with van der Waals surface area (Å²) in [7, 11) is -1.90. The molecule has 1 saturated heterocycles. The van der Waals surface area contributed by atoms with Crippen molar-refractivity contribution in [2.45, 2.75) is 12.5 Å². The number of furan rings is 1. The van der Waals surface area contributed by atoms with E-state index in [1.54, 1.807) is 54.6 Å². The van der Waals surface area contributed by atoms with E-state index in [1.165, 1.54) is 13.2 Å². The highest BCUT2D eigenvalue weighted by Gasteiger charge is 2.45. The number of hydrogen-bond donors (Lipinski definition) is 0. The van der Waals surface area contributed by atoms with E-state index in [-0.39, 0.29) is 34.6 Å². The van der Waals surface area contributed by atoms with Gasteiger partial charge in [0.2, 0.25) is 0 Å². The molecule has 3 aromatic rings. The average molecular weight is 549 g/mol. The van der Waals surface area contributed by atoms with Crippen molar-refractivity contribution in [2.75, 3.05) is 18.6 Å². The topological polar surface area (TPSA) is 118 Å². The Kier molecular flexibility index (Phi) is 6.69. The molecule has 192 valence electrons. The van der Waals surface area contributed by atoms with E-state index in [1.807, 2.05) is 12.1 Å². The van der Waals surface area contributed by atoms with Crippen molar-refractivity contribution < 1.29 is 27.2 Å². The molecule has 2 aromatic carbocycles. The predicted molar refractivity (Wildman–Crippen MR) is 142 cm³/mol. The maximum Gasteiger partial charge on any atom is 0.272 e. The lowest BCUT2D eigenvalue weighted by atomic mass is 9.87. The fraction of sp³-hybridized carbons (Fsp3) is 0.179. The van der Waals surface area contributed by atoms with Crippen LogP contribution in [0.4, 0.5) is 0 Å². The van der Waals surface area contributed by atoms with Crippen molar-refractivity contribution in [1.82, 2.24) is 4.90 Å². The van der Waals surface area contributed by atoms with E-state index in [0.717, 1.165) is 4.90 Å². The highest BCUT2D eigenvalue weighted by Crippen LogP contribution is 2.38. The number of imide groups is 1. The second kappa shape index (κ2) is 9.97. The molecule has 38 heavy (non-hydrogen) atoms. The Hall–Kier alpha value is -4.13. The minimum atomic E-state index is -3.41. The molecule has 0 bridgehead atoms. The lowest BCUT2D eigenvalue weighted by Crippen LogP contribution is -2.49. The van der Waals surface area contributed by atoms with Crippen LogP contribution in [0.2, 0.25) is 5.02 Å². The fourth-order valence-electron chi connectivity index (χ4n) is 4.68. The summed E-state index contributed by atoms with van der Waals surface area (Å²) in [6.45, 7) is 0. The second-order valence-corrected chi connectivity index (χ2v) is 11.5. The van der Waals surface area contributed by atoms with Gasteiger partial charge in [-0.3, -0.25) is 14.5 Å². The Morgan fingerprint density at radius 2 is 1.82 bits per heavy atom. The Morgan fingerprint density at radius 1 is 1.08 bits per heavy atom. The Morgan fingerprint density at radius 3 is 2.45 bits per heavy atom. The summed E-state index contributed by atoms with van der Waals surface area (Å²) in [5.74, 6) is -0.678. The minimum Gasteiger partial charge on any atom is -0.497 e. The summed E-state index contributed by atoms with van der Waals surface area (Å²) in [5, 5.41) is 10.5. The molecule has 0 saturated carbocycles. The minimum absolute atomic E-state index is 0.0377. The van der Waals surface area contributed by atoms with Gasteiger partial charge < -0.3 is 9.15 Å². The zero-order chi connectivity index (χ0) is 27.0. The highest BCUT2D eigenvalue weighted by molar-refractivity contribution is 7.91. The van der Waals surface area contributed by atoms with Crippen LogP contribution < -0.4 is 4.74 Å². The van der Waals surface area contributed by atoms with Crippen molar-refractivity contribution in [3.05, 3.63) is 88.2 Å². The quantitative estimate of drug-likeness (QED) is 0.339. The summed E-state index contributed by atoms with van der Waals surface area (Å²) in [4.78, 5) is 28.2. The van der Waals surface area contributed by atoms with Crippen LogP contribution in [-0.2, 0) is 19.4 Å². The molecule has 3 heterocycles. The zero-order valence-electron chi connectivity index (χ0n) is 20.2. The first-order valence-electron chi connectivity index (χ1n) is 11.7. The first kappa shape index (κ1) is 25.5. The van der Waals surface area contributed by atoms with E-state index in [0.29, 0.717) is 33.4 Å². The molecule has 0 aliphatic carbocycles. The summed E-state index contributed by atoms with van der Waals surface area (Å²) in [6.07, 6.45) is 1.57. The van der Waals surface area contributed by atoms with E-state index in [2.05, 4.69) is 0 Å². The second-order valence-electron chi connectivity index (χ2n) is 8.87. The standard InChI is InChI=1S/C28H21ClN2O6S/c1-36-19-8-6-17(7-9-19)26-22(14-20-10-11-25(37-20)21-4-2-3-5-24(21)29)27(32)31(28(33)23(26)15-30)18-12-13-38(34,35)16-18/h2-11,14,18H,12-13,16H2,1H3/b22-14-. The number of hydrogen-bond acceptors (Lipinski definition) is 7. The van der Waals surface area contributed by atoms with E-state index in [4.69, 9.17) is 20.8 Å². The van der Waals surface area contributed by atoms with Crippen molar-refractivity contribution in [1.29, 1.82) is 5.26 Å². The van der Waals surface area contributed by atoms with Gasteiger partial charge in [0, 0.05) is 11.1 Å². The summed E-state index contributed by atoms with van der Waals surface area (Å²) in [6, 6.07) is 18.2. The van der Waals surface area contributed by atoms with Gasteiger partial charge in [0.05, 0.1) is 35.3 Å². The van der Waals surface area contributed by atoms with Gasteiger partial charge in [-0.25, -0.2) is 8.42 Å². The maximum absolute atomic E-state index is 13.8. The Bertz CT molecular complexity index is 1660. The van der Waals surface area contributed by atoms with Gasteiger partial charge in [0.15, 0.2) is 9.84 Å². The normalized spacial score (nSPS) is 20.2. The van der Waals surface area contributed by atoms with Crippen LogP contribution in [0.5, 0.6) is 5.75 Å². The van der Waals surface area contributed by atoms with Crippen LogP contribution >= 0.6 is 11.6 Å². The monoisotopic (exact) mass is 548 g/mol. The predicted octanol–water partition coefficient (Wildman–Crippen LogP) is 4.53. The molecule has 2 aliphatic heterocycles. The molecule has 10 heteroatoms. The largest absolute Gasteiger partial charge is 0.497 e. The first-order chi connectivity index (χ1) is 18.2. The van der Waals surface area contributed by atoms with Crippen LogP contribution in [0.25, 0.3) is 23.0 Å². The summed E-state index contributed by atoms with van der Waals surface area (Å²) >= 11 is 6.30. The number of carbonyl (C=O) groups excluding carboxylic acids is 2. The molecule has 5 rings (SSSR count). The third-order valence-corrected chi connectivity index (χ3v) is 8.60. The number of amides is 2. The molecule has 0 radical (unpaired) electrons. The SMILES string of the molecule is COc1ccc(C2=C(C#N)C(=O)N(C3CCS(=O)(=O)C3)C(=O)/C2=C\c2ccc(-c3ccccc3Cl)o2)cc1. The molecule has 8 nitrogen and oxygen atoms in total. The number of nitriles is 1. The smallest absolute Gasteiger partial charge is 0.272 e. The van der Waals surface area contributed by atoms with Gasteiger partial charge in [-0.1, -0.05) is 35.9 Å². The average Bonchev–Trinajstić information content (AvgIpc) is 3.51. The van der Waals surface area contributed by atoms with E-state index < -0.39 is 27.7 Å². The van der Waals surface area contributed by atoms with Crippen molar-refractivity contribution in [3.63, 3.8) is 0 Å². The molecule has 1 aromatic heterocycles. The molecule has 0 spiro atoms. The molecule has 2 aliphatic rings. The first-order valence-corrected chi connectivity index (χ1v) is 13.9. The third kappa shape index (κ3) is 4.64. The van der Waals surface area contributed by atoms with Gasteiger partial charge >= 0.3 is 0 Å². The fourth-order valence-corrected chi connectivity index (χ4v) is 6.60.